The fraction of sp³-hybridized carbons (Fsp3) is 0.429. The normalized spacial score (nSPS) is 16.3. The second-order valence-electron chi connectivity index (χ2n) is 4.57. The number of fused-ring (bicyclic) bond motifs is 1. The molecule has 4 heteroatoms. The van der Waals surface area contributed by atoms with Gasteiger partial charge >= 0.3 is 5.97 Å². The number of carbonyl (C=O) groups is 2. The average molecular weight is 247 g/mol. The molecular formula is C14H17NO3. The van der Waals surface area contributed by atoms with Gasteiger partial charge in [0.25, 0.3) is 5.91 Å². The number of rotatable bonds is 4. The highest BCUT2D eigenvalue weighted by molar-refractivity contribution is 5.97. The van der Waals surface area contributed by atoms with Crippen LogP contribution in [0.2, 0.25) is 0 Å². The van der Waals surface area contributed by atoms with Gasteiger partial charge in [-0.25, -0.2) is 0 Å². The van der Waals surface area contributed by atoms with E-state index in [2.05, 4.69) is 0 Å². The van der Waals surface area contributed by atoms with Crippen LogP contribution in [0, 0.1) is 0 Å². The fourth-order valence-corrected chi connectivity index (χ4v) is 2.47. The summed E-state index contributed by atoms with van der Waals surface area (Å²) in [6.07, 6.45) is 1.49. The molecule has 0 spiro atoms. The molecule has 0 bridgehead atoms. The van der Waals surface area contributed by atoms with E-state index in [0.29, 0.717) is 18.5 Å². The smallest absolute Gasteiger partial charge is 0.305 e. The first kappa shape index (κ1) is 12.6. The van der Waals surface area contributed by atoms with Gasteiger partial charge in [-0.2, -0.15) is 0 Å². The molecule has 1 aromatic rings. The molecule has 0 saturated heterocycles. The summed E-state index contributed by atoms with van der Waals surface area (Å²) in [5, 5.41) is 8.89. The number of carboxylic acids is 1. The summed E-state index contributed by atoms with van der Waals surface area (Å²) in [4.78, 5) is 24.9. The molecule has 1 atom stereocenters. The lowest BCUT2D eigenvalue weighted by Crippen LogP contribution is -2.45. The molecule has 1 aliphatic rings. The Morgan fingerprint density at radius 1 is 1.44 bits per heavy atom. The minimum absolute atomic E-state index is 0.0183. The maximum absolute atomic E-state index is 12.3. The van der Waals surface area contributed by atoms with Crippen molar-refractivity contribution < 1.29 is 14.7 Å². The molecule has 1 heterocycles. The van der Waals surface area contributed by atoms with Gasteiger partial charge in [0, 0.05) is 18.2 Å². The molecule has 96 valence electrons. The maximum Gasteiger partial charge on any atom is 0.305 e. The van der Waals surface area contributed by atoms with Crippen LogP contribution in [-0.4, -0.2) is 34.5 Å². The van der Waals surface area contributed by atoms with E-state index in [0.717, 1.165) is 12.0 Å². The second-order valence-corrected chi connectivity index (χ2v) is 4.57. The van der Waals surface area contributed by atoms with Crippen LogP contribution in [0.15, 0.2) is 24.3 Å². The number of carbonyl (C=O) groups excluding carboxylic acids is 1. The van der Waals surface area contributed by atoms with Crippen LogP contribution in [0.3, 0.4) is 0 Å². The third kappa shape index (κ3) is 2.37. The van der Waals surface area contributed by atoms with E-state index in [1.54, 1.807) is 4.90 Å². The van der Waals surface area contributed by atoms with Crippen LogP contribution in [0.1, 0.15) is 35.7 Å². The van der Waals surface area contributed by atoms with Crippen molar-refractivity contribution in [1.29, 1.82) is 0 Å². The number of carboxylic acid groups (broad SMARTS) is 1. The number of benzene rings is 1. The van der Waals surface area contributed by atoms with Gasteiger partial charge in [0.15, 0.2) is 0 Å². The molecule has 1 amide bonds. The van der Waals surface area contributed by atoms with Crippen molar-refractivity contribution in [3.63, 3.8) is 0 Å². The number of amides is 1. The van der Waals surface area contributed by atoms with Crippen LogP contribution < -0.4 is 0 Å². The molecular weight excluding hydrogens is 230 g/mol. The molecule has 4 nitrogen and oxygen atoms in total. The standard InChI is InChI=1S/C14H17NO3/c1-2-11(9-13(16)17)15-8-7-10-5-3-4-6-12(10)14(15)18/h3-6,11H,2,7-9H2,1H3,(H,16,17). The van der Waals surface area contributed by atoms with E-state index in [-0.39, 0.29) is 18.4 Å². The quantitative estimate of drug-likeness (QED) is 0.884. The molecule has 18 heavy (non-hydrogen) atoms. The SMILES string of the molecule is CCC(CC(=O)O)N1CCc2ccccc2C1=O. The van der Waals surface area contributed by atoms with Gasteiger partial charge < -0.3 is 10.0 Å². The first-order chi connectivity index (χ1) is 8.63. The maximum atomic E-state index is 12.3. The Morgan fingerprint density at radius 3 is 2.83 bits per heavy atom. The first-order valence-corrected chi connectivity index (χ1v) is 6.24. The van der Waals surface area contributed by atoms with Crippen LogP contribution in [0.25, 0.3) is 0 Å². The highest BCUT2D eigenvalue weighted by Gasteiger charge is 2.29. The van der Waals surface area contributed by atoms with Crippen molar-refractivity contribution in [2.24, 2.45) is 0 Å². The molecule has 2 rings (SSSR count). The second kappa shape index (κ2) is 5.21. The van der Waals surface area contributed by atoms with Crippen molar-refractivity contribution in [2.75, 3.05) is 6.54 Å². The number of aliphatic carboxylic acids is 1. The minimum atomic E-state index is -0.853. The lowest BCUT2D eigenvalue weighted by atomic mass is 9.96. The van der Waals surface area contributed by atoms with E-state index in [1.807, 2.05) is 31.2 Å². The summed E-state index contributed by atoms with van der Waals surface area (Å²) < 4.78 is 0. The van der Waals surface area contributed by atoms with Crippen LogP contribution in [0.5, 0.6) is 0 Å². The zero-order valence-electron chi connectivity index (χ0n) is 10.4. The zero-order valence-corrected chi connectivity index (χ0v) is 10.4. The lowest BCUT2D eigenvalue weighted by molar-refractivity contribution is -0.138. The van der Waals surface area contributed by atoms with Crippen LogP contribution >= 0.6 is 0 Å². The Kier molecular flexibility index (Phi) is 3.65. The summed E-state index contributed by atoms with van der Waals surface area (Å²) in [6.45, 7) is 2.53. The van der Waals surface area contributed by atoms with E-state index in [1.165, 1.54) is 0 Å². The Balaban J connectivity index is 2.22. The Labute approximate surface area is 106 Å². The third-order valence-electron chi connectivity index (χ3n) is 3.45. The number of nitrogens with zero attached hydrogens (tertiary/aromatic N) is 1. The van der Waals surface area contributed by atoms with Gasteiger partial charge in [-0.15, -0.1) is 0 Å². The fourth-order valence-electron chi connectivity index (χ4n) is 2.47. The van der Waals surface area contributed by atoms with Gasteiger partial charge in [-0.1, -0.05) is 25.1 Å². The van der Waals surface area contributed by atoms with E-state index in [9.17, 15) is 9.59 Å². The summed E-state index contributed by atoms with van der Waals surface area (Å²) in [5.74, 6) is -0.890. The molecule has 1 unspecified atom stereocenters. The summed E-state index contributed by atoms with van der Waals surface area (Å²) in [6, 6.07) is 7.35. The Hall–Kier alpha value is -1.84. The lowest BCUT2D eigenvalue weighted by Gasteiger charge is -2.34. The summed E-state index contributed by atoms with van der Waals surface area (Å²) in [5.41, 5.74) is 1.77. The molecule has 1 aliphatic heterocycles. The van der Waals surface area contributed by atoms with Crippen molar-refractivity contribution >= 4 is 11.9 Å². The van der Waals surface area contributed by atoms with Crippen molar-refractivity contribution in [3.05, 3.63) is 35.4 Å². The monoisotopic (exact) mass is 247 g/mol. The topological polar surface area (TPSA) is 57.6 Å². The average Bonchev–Trinajstić information content (AvgIpc) is 2.37. The van der Waals surface area contributed by atoms with E-state index < -0.39 is 5.97 Å². The highest BCUT2D eigenvalue weighted by Crippen LogP contribution is 2.22. The molecule has 1 N–H and O–H groups in total. The first-order valence-electron chi connectivity index (χ1n) is 6.24. The van der Waals surface area contributed by atoms with Crippen molar-refractivity contribution in [3.8, 4) is 0 Å². The molecule has 0 saturated carbocycles. The zero-order chi connectivity index (χ0) is 13.1. The number of hydrogen-bond donors (Lipinski definition) is 1. The third-order valence-corrected chi connectivity index (χ3v) is 3.45. The molecule has 0 aromatic heterocycles. The minimum Gasteiger partial charge on any atom is -0.481 e. The van der Waals surface area contributed by atoms with E-state index in [4.69, 9.17) is 5.11 Å². The number of hydrogen-bond acceptors (Lipinski definition) is 2. The van der Waals surface area contributed by atoms with Gasteiger partial charge in [0.2, 0.25) is 0 Å². The Bertz CT molecular complexity index is 470. The molecule has 0 aliphatic carbocycles. The molecule has 0 fully saturated rings. The van der Waals surface area contributed by atoms with Gasteiger partial charge in [0.05, 0.1) is 6.42 Å². The van der Waals surface area contributed by atoms with Crippen molar-refractivity contribution in [2.45, 2.75) is 32.2 Å². The Morgan fingerprint density at radius 2 is 2.17 bits per heavy atom. The van der Waals surface area contributed by atoms with Gasteiger partial charge in [-0.3, -0.25) is 9.59 Å². The van der Waals surface area contributed by atoms with Crippen LogP contribution in [-0.2, 0) is 11.2 Å². The molecule has 1 aromatic carbocycles. The largest absolute Gasteiger partial charge is 0.481 e. The summed E-state index contributed by atoms with van der Waals surface area (Å²) in [7, 11) is 0. The molecule has 0 radical (unpaired) electrons. The predicted molar refractivity (Wildman–Crippen MR) is 67.5 cm³/mol. The van der Waals surface area contributed by atoms with Gasteiger partial charge in [-0.05, 0) is 24.5 Å². The van der Waals surface area contributed by atoms with E-state index >= 15 is 0 Å². The van der Waals surface area contributed by atoms with Gasteiger partial charge in [0.1, 0.15) is 0 Å². The predicted octanol–water partition coefficient (Wildman–Crippen LogP) is 1.94. The summed E-state index contributed by atoms with van der Waals surface area (Å²) >= 11 is 0. The highest BCUT2D eigenvalue weighted by atomic mass is 16.4. The van der Waals surface area contributed by atoms with Crippen molar-refractivity contribution in [1.82, 2.24) is 4.90 Å². The van der Waals surface area contributed by atoms with Crippen LogP contribution in [0.4, 0.5) is 0 Å².